The number of nitrogens with two attached hydrogens (primary N) is 1. The van der Waals surface area contributed by atoms with Gasteiger partial charge in [-0.1, -0.05) is 17.7 Å². The van der Waals surface area contributed by atoms with E-state index in [1.54, 1.807) is 4.90 Å². The molecule has 0 saturated heterocycles. The van der Waals surface area contributed by atoms with Crippen molar-refractivity contribution in [2.24, 2.45) is 0 Å². The lowest BCUT2D eigenvalue weighted by atomic mass is 10.1. The number of nitrogen functional groups attached to an aromatic ring is 1. The fourth-order valence-electron chi connectivity index (χ4n) is 2.21. The molecule has 2 aromatic rings. The van der Waals surface area contributed by atoms with Crippen LogP contribution in [-0.2, 0) is 0 Å². The largest absolute Gasteiger partial charge is 0.478 e. The number of aryl methyl sites for hydroxylation is 2. The Balaban J connectivity index is 2.51. The minimum Gasteiger partial charge on any atom is -0.478 e. The standard InChI is InChI=1S/C15H17N3O2/c1-9-4-5-12(10(2)8-9)18(3)14-13(16)11(15(19)20)6-7-17-14/h4-8H,16H2,1-3H3,(H,19,20). The number of aromatic carboxylic acids is 1. The smallest absolute Gasteiger partial charge is 0.337 e. The van der Waals surface area contributed by atoms with Crippen LogP contribution < -0.4 is 10.6 Å². The van der Waals surface area contributed by atoms with Crippen molar-refractivity contribution in [3.05, 3.63) is 47.2 Å². The summed E-state index contributed by atoms with van der Waals surface area (Å²) in [6.07, 6.45) is 1.45. The fourth-order valence-corrected chi connectivity index (χ4v) is 2.21. The highest BCUT2D eigenvalue weighted by atomic mass is 16.4. The number of aromatic nitrogens is 1. The first-order valence-corrected chi connectivity index (χ1v) is 6.20. The Hall–Kier alpha value is -2.56. The molecule has 1 aromatic heterocycles. The second-order valence-corrected chi connectivity index (χ2v) is 4.75. The number of benzene rings is 1. The minimum absolute atomic E-state index is 0.0617. The third-order valence-corrected chi connectivity index (χ3v) is 3.23. The van der Waals surface area contributed by atoms with E-state index in [1.165, 1.54) is 17.8 Å². The van der Waals surface area contributed by atoms with Crippen molar-refractivity contribution in [2.45, 2.75) is 13.8 Å². The molecule has 0 radical (unpaired) electrons. The Morgan fingerprint density at radius 1 is 1.30 bits per heavy atom. The number of anilines is 3. The first kappa shape index (κ1) is 13.9. The third-order valence-electron chi connectivity index (χ3n) is 3.23. The maximum absolute atomic E-state index is 11.1. The van der Waals surface area contributed by atoms with Crippen molar-refractivity contribution < 1.29 is 9.90 Å². The predicted molar refractivity (Wildman–Crippen MR) is 79.6 cm³/mol. The number of carbonyl (C=O) groups is 1. The Kier molecular flexibility index (Phi) is 3.61. The summed E-state index contributed by atoms with van der Waals surface area (Å²) in [5.74, 6) is -0.614. The van der Waals surface area contributed by atoms with Crippen LogP contribution in [0.25, 0.3) is 0 Å². The van der Waals surface area contributed by atoms with Crippen LogP contribution in [0.15, 0.2) is 30.5 Å². The Morgan fingerprint density at radius 2 is 2.00 bits per heavy atom. The Labute approximate surface area is 117 Å². The average molecular weight is 271 g/mol. The molecular formula is C15H17N3O2. The van der Waals surface area contributed by atoms with E-state index in [0.29, 0.717) is 5.82 Å². The molecule has 3 N–H and O–H groups in total. The van der Waals surface area contributed by atoms with Gasteiger partial charge in [0.1, 0.15) is 0 Å². The lowest BCUT2D eigenvalue weighted by molar-refractivity contribution is 0.0698. The Bertz CT molecular complexity index is 668. The van der Waals surface area contributed by atoms with E-state index in [2.05, 4.69) is 11.1 Å². The van der Waals surface area contributed by atoms with E-state index in [0.717, 1.165) is 11.3 Å². The minimum atomic E-state index is -1.06. The maximum atomic E-state index is 11.1. The van der Waals surface area contributed by atoms with Crippen molar-refractivity contribution in [2.75, 3.05) is 17.7 Å². The van der Waals surface area contributed by atoms with Gasteiger partial charge in [0.05, 0.1) is 11.3 Å². The van der Waals surface area contributed by atoms with Crippen LogP contribution in [-0.4, -0.2) is 23.1 Å². The van der Waals surface area contributed by atoms with Gasteiger partial charge in [-0.25, -0.2) is 9.78 Å². The molecule has 0 amide bonds. The number of carboxylic acid groups (broad SMARTS) is 1. The van der Waals surface area contributed by atoms with E-state index < -0.39 is 5.97 Å². The van der Waals surface area contributed by atoms with Crippen LogP contribution >= 0.6 is 0 Å². The molecule has 104 valence electrons. The second kappa shape index (κ2) is 5.21. The molecule has 20 heavy (non-hydrogen) atoms. The molecule has 2 rings (SSSR count). The van der Waals surface area contributed by atoms with Gasteiger partial charge < -0.3 is 15.7 Å². The highest BCUT2D eigenvalue weighted by molar-refractivity contribution is 5.97. The highest BCUT2D eigenvalue weighted by Gasteiger charge is 2.17. The summed E-state index contributed by atoms with van der Waals surface area (Å²) in [5, 5.41) is 9.11. The normalized spacial score (nSPS) is 10.3. The van der Waals surface area contributed by atoms with Gasteiger partial charge in [-0.15, -0.1) is 0 Å². The summed E-state index contributed by atoms with van der Waals surface area (Å²) in [6, 6.07) is 7.43. The van der Waals surface area contributed by atoms with Crippen molar-refractivity contribution >= 4 is 23.2 Å². The summed E-state index contributed by atoms with van der Waals surface area (Å²) in [6.45, 7) is 4.02. The summed E-state index contributed by atoms with van der Waals surface area (Å²) in [7, 11) is 1.82. The van der Waals surface area contributed by atoms with Gasteiger partial charge in [0.2, 0.25) is 0 Å². The van der Waals surface area contributed by atoms with Gasteiger partial charge in [-0.05, 0) is 31.5 Å². The number of rotatable bonds is 3. The van der Waals surface area contributed by atoms with Crippen molar-refractivity contribution in [1.82, 2.24) is 4.98 Å². The van der Waals surface area contributed by atoms with Gasteiger partial charge in [0, 0.05) is 18.9 Å². The summed E-state index contributed by atoms with van der Waals surface area (Å²) >= 11 is 0. The van der Waals surface area contributed by atoms with E-state index in [-0.39, 0.29) is 11.3 Å². The lowest BCUT2D eigenvalue weighted by Crippen LogP contribution is -2.16. The molecular weight excluding hydrogens is 254 g/mol. The third kappa shape index (κ3) is 2.42. The first-order chi connectivity index (χ1) is 9.41. The zero-order valence-corrected chi connectivity index (χ0v) is 11.7. The maximum Gasteiger partial charge on any atom is 0.337 e. The molecule has 0 aliphatic rings. The van der Waals surface area contributed by atoms with Crippen molar-refractivity contribution in [1.29, 1.82) is 0 Å². The molecule has 5 nitrogen and oxygen atoms in total. The summed E-state index contributed by atoms with van der Waals surface area (Å²) in [5.41, 5.74) is 9.33. The molecule has 0 spiro atoms. The molecule has 0 saturated carbocycles. The van der Waals surface area contributed by atoms with Crippen LogP contribution in [0.3, 0.4) is 0 Å². The quantitative estimate of drug-likeness (QED) is 0.897. The zero-order chi connectivity index (χ0) is 14.9. The number of pyridine rings is 1. The van der Waals surface area contributed by atoms with Crippen LogP contribution in [0, 0.1) is 13.8 Å². The molecule has 5 heteroatoms. The van der Waals surface area contributed by atoms with Gasteiger partial charge in [-0.2, -0.15) is 0 Å². The Morgan fingerprint density at radius 3 is 2.60 bits per heavy atom. The molecule has 0 aliphatic carbocycles. The topological polar surface area (TPSA) is 79.5 Å². The van der Waals surface area contributed by atoms with Crippen LogP contribution in [0.4, 0.5) is 17.2 Å². The van der Waals surface area contributed by atoms with Crippen molar-refractivity contribution in [3.8, 4) is 0 Å². The molecule has 1 heterocycles. The predicted octanol–water partition coefficient (Wildman–Crippen LogP) is 2.75. The SMILES string of the molecule is Cc1ccc(N(C)c2nccc(C(=O)O)c2N)c(C)c1. The van der Waals surface area contributed by atoms with Gasteiger partial charge in [-0.3, -0.25) is 0 Å². The number of nitrogens with zero attached hydrogens (tertiary/aromatic N) is 2. The molecule has 0 fully saturated rings. The first-order valence-electron chi connectivity index (χ1n) is 6.20. The van der Waals surface area contributed by atoms with Crippen LogP contribution in [0.5, 0.6) is 0 Å². The van der Waals surface area contributed by atoms with Crippen molar-refractivity contribution in [3.63, 3.8) is 0 Å². The van der Waals surface area contributed by atoms with Crippen LogP contribution in [0.1, 0.15) is 21.5 Å². The molecule has 0 bridgehead atoms. The summed E-state index contributed by atoms with van der Waals surface area (Å²) in [4.78, 5) is 17.1. The zero-order valence-electron chi connectivity index (χ0n) is 11.7. The number of hydrogen-bond acceptors (Lipinski definition) is 4. The van der Waals surface area contributed by atoms with Gasteiger partial charge >= 0.3 is 5.97 Å². The lowest BCUT2D eigenvalue weighted by Gasteiger charge is -2.22. The van der Waals surface area contributed by atoms with E-state index in [4.69, 9.17) is 10.8 Å². The van der Waals surface area contributed by atoms with E-state index in [9.17, 15) is 4.79 Å². The van der Waals surface area contributed by atoms with Crippen LogP contribution in [0.2, 0.25) is 0 Å². The highest BCUT2D eigenvalue weighted by Crippen LogP contribution is 2.31. The monoisotopic (exact) mass is 271 g/mol. The molecule has 0 atom stereocenters. The number of hydrogen-bond donors (Lipinski definition) is 2. The fraction of sp³-hybridized carbons (Fsp3) is 0.200. The number of carboxylic acids is 1. The second-order valence-electron chi connectivity index (χ2n) is 4.75. The molecule has 1 aromatic carbocycles. The summed E-state index contributed by atoms with van der Waals surface area (Å²) < 4.78 is 0. The molecule has 0 aliphatic heterocycles. The molecule has 0 unspecified atom stereocenters. The van der Waals surface area contributed by atoms with Gasteiger partial charge in [0.25, 0.3) is 0 Å². The van der Waals surface area contributed by atoms with E-state index in [1.807, 2.05) is 33.0 Å². The average Bonchev–Trinajstić information content (AvgIpc) is 2.38. The van der Waals surface area contributed by atoms with Gasteiger partial charge in [0.15, 0.2) is 5.82 Å². The van der Waals surface area contributed by atoms with E-state index >= 15 is 0 Å².